The van der Waals surface area contributed by atoms with Crippen molar-refractivity contribution in [1.82, 2.24) is 0 Å². The van der Waals surface area contributed by atoms with Gasteiger partial charge in [-0.3, -0.25) is 4.79 Å². The summed E-state index contributed by atoms with van der Waals surface area (Å²) in [6, 6.07) is 14.0. The summed E-state index contributed by atoms with van der Waals surface area (Å²) in [7, 11) is 0. The van der Waals surface area contributed by atoms with Crippen molar-refractivity contribution in [3.8, 4) is 5.75 Å². The molecule has 0 aliphatic carbocycles. The number of aromatic nitrogens is 1. The van der Waals surface area contributed by atoms with Crippen LogP contribution < -0.4 is 31.6 Å². The van der Waals surface area contributed by atoms with Crippen molar-refractivity contribution in [2.75, 3.05) is 11.9 Å². The number of carbonyl (C=O) groups excluding carboxylic acids is 1. The Morgan fingerprint density at radius 3 is 2.12 bits per heavy atom. The number of hydrogen-bond donors (Lipinski definition) is 1. The van der Waals surface area contributed by atoms with Crippen molar-refractivity contribution in [3.63, 3.8) is 0 Å². The molecule has 3 rings (SSSR count). The third-order valence-electron chi connectivity index (χ3n) is 7.49. The number of rotatable bonds is 18. The number of nitrogens with zero attached hydrogens (tertiary/aromatic N) is 1. The van der Waals surface area contributed by atoms with E-state index in [0.717, 1.165) is 23.4 Å². The van der Waals surface area contributed by atoms with E-state index in [-0.39, 0.29) is 28.3 Å². The highest BCUT2D eigenvalue weighted by atomic mass is 79.9. The van der Waals surface area contributed by atoms with Crippen LogP contribution in [0.3, 0.4) is 0 Å². The summed E-state index contributed by atoms with van der Waals surface area (Å²) in [6.45, 7) is 10.2. The van der Waals surface area contributed by atoms with Crippen LogP contribution in [0.4, 0.5) is 5.69 Å². The monoisotopic (exact) mass is 642 g/mol. The Bertz CT molecular complexity index is 1140. The Balaban J connectivity index is 0.00000588. The van der Waals surface area contributed by atoms with E-state index in [1.807, 2.05) is 41.9 Å². The van der Waals surface area contributed by atoms with Gasteiger partial charge in [0.2, 0.25) is 5.51 Å². The first-order valence-corrected chi connectivity index (χ1v) is 16.4. The summed E-state index contributed by atoms with van der Waals surface area (Å²) < 4.78 is 8.39. The molecule has 4 nitrogen and oxygen atoms in total. The number of carbonyl (C=O) groups is 1. The Morgan fingerprint density at radius 1 is 0.878 bits per heavy atom. The molecule has 0 fully saturated rings. The topological polar surface area (TPSA) is 42.2 Å². The molecule has 1 amide bonds. The largest absolute Gasteiger partial charge is 1.00 e. The Hall–Kier alpha value is -2.18. The normalized spacial score (nSPS) is 11.2. The summed E-state index contributed by atoms with van der Waals surface area (Å²) >= 11 is 1.65. The van der Waals surface area contributed by atoms with E-state index in [1.165, 1.54) is 76.2 Å². The molecular weight excluding hydrogens is 592 g/mol. The highest BCUT2D eigenvalue weighted by Gasteiger charge is 2.19. The van der Waals surface area contributed by atoms with Crippen LogP contribution in [0.1, 0.15) is 126 Å². The first kappa shape index (κ1) is 35.0. The quantitative estimate of drug-likeness (QED) is 0.124. The van der Waals surface area contributed by atoms with E-state index in [9.17, 15) is 4.79 Å². The van der Waals surface area contributed by atoms with Crippen LogP contribution in [0.2, 0.25) is 0 Å². The van der Waals surface area contributed by atoms with Gasteiger partial charge in [-0.15, -0.1) is 0 Å². The number of ether oxygens (including phenoxy) is 1. The highest BCUT2D eigenvalue weighted by molar-refractivity contribution is 7.07. The molecule has 6 heteroatoms. The molecule has 41 heavy (non-hydrogen) atoms. The van der Waals surface area contributed by atoms with Gasteiger partial charge in [-0.2, -0.15) is 4.57 Å². The van der Waals surface area contributed by atoms with Crippen LogP contribution in [0.15, 0.2) is 59.6 Å². The lowest BCUT2D eigenvalue weighted by molar-refractivity contribution is -0.683. The second-order valence-corrected chi connectivity index (χ2v) is 12.8. The van der Waals surface area contributed by atoms with E-state index in [2.05, 4.69) is 55.2 Å². The van der Waals surface area contributed by atoms with Crippen LogP contribution in [-0.2, 0) is 12.0 Å². The average Bonchev–Trinajstić information content (AvgIpc) is 3.45. The van der Waals surface area contributed by atoms with Crippen LogP contribution in [-0.4, -0.2) is 12.5 Å². The van der Waals surface area contributed by atoms with Gasteiger partial charge in [0.05, 0.1) is 17.7 Å². The lowest BCUT2D eigenvalue weighted by Crippen LogP contribution is -3.00. The van der Waals surface area contributed by atoms with E-state index in [4.69, 9.17) is 4.74 Å². The zero-order valence-electron chi connectivity index (χ0n) is 25.7. The maximum atomic E-state index is 13.4. The zero-order valence-corrected chi connectivity index (χ0v) is 28.1. The number of amides is 1. The Kier molecular flexibility index (Phi) is 16.3. The van der Waals surface area contributed by atoms with Gasteiger partial charge in [-0.05, 0) is 35.6 Å². The van der Waals surface area contributed by atoms with E-state index < -0.39 is 0 Å². The van der Waals surface area contributed by atoms with Crippen molar-refractivity contribution in [1.29, 1.82) is 0 Å². The molecule has 0 aliphatic rings. The summed E-state index contributed by atoms with van der Waals surface area (Å²) in [5, 5.41) is 5.19. The standard InChI is InChI=1S/C35H50N2O2S.BrH/c1-5-6-7-8-9-10-11-12-13-14-15-18-24-39-33-26-30(35(2,3)4)21-22-32(33)36-34(38)31-20-17-16-19-29(31)27-37-23-25-40-28-37;/h16-17,19-23,25-26,28H,5-15,18,24,27H2,1-4H3;1H. The maximum Gasteiger partial charge on any atom is 0.256 e. The van der Waals surface area contributed by atoms with Gasteiger partial charge in [0.1, 0.15) is 5.75 Å². The SMILES string of the molecule is CCCCCCCCCCCCCCOc1cc(C(C)(C)C)ccc1NC(=O)c1ccccc1C[n+]1ccsc1.[Br-]. The third-order valence-corrected chi connectivity index (χ3v) is 8.16. The first-order chi connectivity index (χ1) is 19.4. The van der Waals surface area contributed by atoms with Crippen molar-refractivity contribution in [3.05, 3.63) is 76.2 Å². The number of anilines is 1. The van der Waals surface area contributed by atoms with Crippen LogP contribution in [0.25, 0.3) is 0 Å². The predicted molar refractivity (Wildman–Crippen MR) is 170 cm³/mol. The number of hydrogen-bond acceptors (Lipinski definition) is 3. The second kappa shape index (κ2) is 19.1. The molecule has 0 atom stereocenters. The predicted octanol–water partition coefficient (Wildman–Crippen LogP) is 6.72. The molecule has 1 N–H and O–H groups in total. The van der Waals surface area contributed by atoms with Crippen molar-refractivity contribution < 1.29 is 31.1 Å². The summed E-state index contributed by atoms with van der Waals surface area (Å²) in [6.07, 6.45) is 17.9. The molecule has 0 saturated heterocycles. The molecular formula is C35H51BrN2O2S. The van der Waals surface area contributed by atoms with Crippen LogP contribution >= 0.6 is 11.3 Å². The van der Waals surface area contributed by atoms with Crippen molar-refractivity contribution in [2.45, 2.75) is 117 Å². The van der Waals surface area contributed by atoms with E-state index in [0.29, 0.717) is 18.7 Å². The smallest absolute Gasteiger partial charge is 0.256 e. The molecule has 2 aromatic carbocycles. The number of nitrogens with one attached hydrogen (secondary N) is 1. The molecule has 0 unspecified atom stereocenters. The molecule has 0 aliphatic heterocycles. The van der Waals surface area contributed by atoms with E-state index >= 15 is 0 Å². The van der Waals surface area contributed by atoms with Gasteiger partial charge in [0.15, 0.2) is 12.7 Å². The van der Waals surface area contributed by atoms with Gasteiger partial charge >= 0.3 is 0 Å². The summed E-state index contributed by atoms with van der Waals surface area (Å²) in [5.74, 6) is 0.652. The molecule has 1 aromatic heterocycles. The first-order valence-electron chi connectivity index (χ1n) is 15.5. The van der Waals surface area contributed by atoms with Crippen LogP contribution in [0.5, 0.6) is 5.75 Å². The van der Waals surface area contributed by atoms with Gasteiger partial charge in [-0.25, -0.2) is 0 Å². The zero-order chi connectivity index (χ0) is 28.6. The molecule has 0 bridgehead atoms. The molecule has 0 radical (unpaired) electrons. The van der Waals surface area contributed by atoms with Crippen molar-refractivity contribution >= 4 is 22.9 Å². The number of halogens is 1. The van der Waals surface area contributed by atoms with Crippen LogP contribution in [0, 0.1) is 0 Å². The molecule has 0 spiro atoms. The minimum atomic E-state index is -0.106. The summed E-state index contributed by atoms with van der Waals surface area (Å²) in [4.78, 5) is 13.4. The minimum Gasteiger partial charge on any atom is -1.00 e. The Labute approximate surface area is 263 Å². The second-order valence-electron chi connectivity index (χ2n) is 12.0. The fraction of sp³-hybridized carbons (Fsp3) is 0.543. The average molecular weight is 644 g/mol. The fourth-order valence-corrected chi connectivity index (χ4v) is 5.55. The van der Waals surface area contributed by atoms with E-state index in [1.54, 1.807) is 11.3 Å². The fourth-order valence-electron chi connectivity index (χ4n) is 4.95. The summed E-state index contributed by atoms with van der Waals surface area (Å²) in [5.41, 5.74) is 5.67. The number of unbranched alkanes of at least 4 members (excludes halogenated alkanes) is 11. The lowest BCUT2D eigenvalue weighted by atomic mass is 9.87. The van der Waals surface area contributed by atoms with Gasteiger partial charge < -0.3 is 27.0 Å². The minimum absolute atomic E-state index is 0. The number of benzene rings is 2. The molecule has 0 saturated carbocycles. The molecule has 226 valence electrons. The lowest BCUT2D eigenvalue weighted by Gasteiger charge is -2.22. The number of thiazole rings is 1. The highest BCUT2D eigenvalue weighted by Crippen LogP contribution is 2.32. The third kappa shape index (κ3) is 12.7. The Morgan fingerprint density at radius 2 is 1.51 bits per heavy atom. The van der Waals surface area contributed by atoms with Gasteiger partial charge in [0, 0.05) is 11.1 Å². The van der Waals surface area contributed by atoms with Crippen molar-refractivity contribution in [2.24, 2.45) is 0 Å². The van der Waals surface area contributed by atoms with Gasteiger partial charge in [0.25, 0.3) is 5.91 Å². The van der Waals surface area contributed by atoms with Gasteiger partial charge in [-0.1, -0.05) is 134 Å². The maximum absolute atomic E-state index is 13.4. The molecule has 1 heterocycles. The molecule has 3 aromatic rings.